The average Bonchev–Trinajstić information content (AvgIpc) is 3.53. The summed E-state index contributed by atoms with van der Waals surface area (Å²) in [5.41, 5.74) is 3.68. The highest BCUT2D eigenvalue weighted by atomic mass is 32.1. The van der Waals surface area contributed by atoms with Crippen molar-refractivity contribution in [2.24, 2.45) is 0 Å². The molecule has 3 aromatic carbocycles. The van der Waals surface area contributed by atoms with Gasteiger partial charge < -0.3 is 4.74 Å². The maximum absolute atomic E-state index is 13.3. The third-order valence-electron chi connectivity index (χ3n) is 6.16. The van der Waals surface area contributed by atoms with Gasteiger partial charge in [-0.05, 0) is 60.9 Å². The van der Waals surface area contributed by atoms with Crippen molar-refractivity contribution in [1.29, 1.82) is 0 Å². The third-order valence-corrected chi connectivity index (χ3v) is 8.09. The first-order valence-corrected chi connectivity index (χ1v) is 13.6. The van der Waals surface area contributed by atoms with Crippen molar-refractivity contribution < 1.29 is 18.7 Å². The monoisotopic (exact) mass is 544 g/mol. The van der Waals surface area contributed by atoms with Crippen LogP contribution in [0.2, 0.25) is 0 Å². The Morgan fingerprint density at radius 2 is 1.84 bits per heavy atom. The zero-order valence-electron chi connectivity index (χ0n) is 20.2. The molecule has 0 bridgehead atoms. The molecule has 1 aliphatic heterocycles. The number of aromatic nitrogens is 2. The van der Waals surface area contributed by atoms with Crippen molar-refractivity contribution in [2.45, 2.75) is 19.8 Å². The zero-order chi connectivity index (χ0) is 26.2. The smallest absolute Gasteiger partial charge is 0.328 e. The number of aryl methyl sites for hydroxylation is 1. The summed E-state index contributed by atoms with van der Waals surface area (Å²) in [5.74, 6) is -0.202. The Morgan fingerprint density at radius 3 is 2.63 bits per heavy atom. The number of anilines is 2. The molecule has 38 heavy (non-hydrogen) atoms. The highest BCUT2D eigenvalue weighted by Gasteiger charge is 2.25. The maximum atomic E-state index is 13.3. The fourth-order valence-corrected chi connectivity index (χ4v) is 6.17. The number of ketones is 1. The van der Waals surface area contributed by atoms with Crippen LogP contribution in [0.4, 0.5) is 20.0 Å². The first-order valence-electron chi connectivity index (χ1n) is 12.0. The van der Waals surface area contributed by atoms with Gasteiger partial charge in [0.05, 0.1) is 10.2 Å². The van der Waals surface area contributed by atoms with Gasteiger partial charge in [-0.15, -0.1) is 0 Å². The number of fused-ring (bicyclic) bond motifs is 2. The lowest BCUT2D eigenvalue weighted by atomic mass is 10.00. The molecule has 6 rings (SSSR count). The Balaban J connectivity index is 1.30. The largest absolute Gasteiger partial charge is 0.444 e. The highest BCUT2D eigenvalue weighted by Crippen LogP contribution is 2.40. The van der Waals surface area contributed by atoms with E-state index in [4.69, 9.17) is 4.74 Å². The van der Waals surface area contributed by atoms with E-state index < -0.39 is 0 Å². The Kier molecular flexibility index (Phi) is 6.34. The Hall–Kier alpha value is -4.15. The molecule has 0 spiro atoms. The first kappa shape index (κ1) is 24.2. The molecule has 1 N–H and O–H groups in total. The average molecular weight is 545 g/mol. The number of carbonyl (C=O) groups excluding carboxylic acids is 2. The Labute approximate surface area is 225 Å². The molecule has 0 fully saturated rings. The molecule has 2 aromatic heterocycles. The van der Waals surface area contributed by atoms with E-state index in [1.54, 1.807) is 4.90 Å². The number of hydrogen-bond acceptors (Lipinski definition) is 7. The van der Waals surface area contributed by atoms with E-state index in [2.05, 4.69) is 15.3 Å². The van der Waals surface area contributed by atoms with E-state index in [-0.39, 0.29) is 23.3 Å². The summed E-state index contributed by atoms with van der Waals surface area (Å²) >= 11 is 2.66. The second-order valence-electron chi connectivity index (χ2n) is 8.78. The molecule has 0 atom stereocenters. The fraction of sp³-hybridized carbons (Fsp3) is 0.143. The van der Waals surface area contributed by atoms with Gasteiger partial charge in [0.15, 0.2) is 16.6 Å². The van der Waals surface area contributed by atoms with Crippen molar-refractivity contribution in [2.75, 3.05) is 16.8 Å². The van der Waals surface area contributed by atoms with E-state index in [9.17, 15) is 14.0 Å². The van der Waals surface area contributed by atoms with Crippen LogP contribution in [0.5, 0.6) is 10.8 Å². The van der Waals surface area contributed by atoms with E-state index in [0.717, 1.165) is 39.9 Å². The van der Waals surface area contributed by atoms with E-state index in [0.29, 0.717) is 27.5 Å². The fourth-order valence-electron chi connectivity index (χ4n) is 4.33. The van der Waals surface area contributed by atoms with Crippen molar-refractivity contribution in [3.05, 3.63) is 83.8 Å². The molecule has 190 valence electrons. The predicted octanol–water partition coefficient (Wildman–Crippen LogP) is 7.54. The quantitative estimate of drug-likeness (QED) is 0.231. The van der Waals surface area contributed by atoms with Crippen molar-refractivity contribution >= 4 is 55.5 Å². The van der Waals surface area contributed by atoms with Crippen LogP contribution in [0.3, 0.4) is 0 Å². The van der Waals surface area contributed by atoms with Crippen LogP contribution in [0.25, 0.3) is 20.8 Å². The van der Waals surface area contributed by atoms with Crippen LogP contribution < -0.4 is 15.0 Å². The van der Waals surface area contributed by atoms with Crippen LogP contribution >= 0.6 is 22.7 Å². The minimum absolute atomic E-state index is 0.206. The van der Waals surface area contributed by atoms with Gasteiger partial charge in [0.25, 0.3) is 0 Å². The number of nitrogens with one attached hydrogen (secondary N) is 1. The molecule has 0 saturated carbocycles. The number of Topliss-reactive ketones (excluding diaryl/α,β-unsaturated/α-hetero) is 1. The summed E-state index contributed by atoms with van der Waals surface area (Å²) in [6.07, 6.45) is 1.71. The summed E-state index contributed by atoms with van der Waals surface area (Å²) < 4.78 is 20.2. The topological polar surface area (TPSA) is 84.4 Å². The SMILES string of the molecule is CC(=O)c1nc(-c2ccc3c(c2)N(C(=O)Nc2nc4ccccc4s2)CCC3)sc1Oc1ccc(F)cc1. The lowest BCUT2D eigenvalue weighted by Crippen LogP contribution is -2.38. The van der Waals surface area contributed by atoms with Gasteiger partial charge in [-0.3, -0.25) is 15.0 Å². The minimum atomic E-state index is -0.375. The van der Waals surface area contributed by atoms with Gasteiger partial charge in [0, 0.05) is 24.7 Å². The molecular formula is C28H21FN4O3S2. The van der Waals surface area contributed by atoms with Gasteiger partial charge in [0.2, 0.25) is 5.06 Å². The number of urea groups is 1. The van der Waals surface area contributed by atoms with Crippen molar-refractivity contribution in [1.82, 2.24) is 9.97 Å². The molecule has 10 heteroatoms. The summed E-state index contributed by atoms with van der Waals surface area (Å²) in [6.45, 7) is 2.00. The number of hydrogen-bond donors (Lipinski definition) is 1. The summed E-state index contributed by atoms with van der Waals surface area (Å²) in [6, 6.07) is 19.0. The number of thiazole rings is 2. The van der Waals surface area contributed by atoms with Gasteiger partial charge >= 0.3 is 6.03 Å². The van der Waals surface area contributed by atoms with Crippen LogP contribution in [0.15, 0.2) is 66.7 Å². The second kappa shape index (κ2) is 9.96. The summed E-state index contributed by atoms with van der Waals surface area (Å²) in [7, 11) is 0. The Morgan fingerprint density at radius 1 is 1.03 bits per heavy atom. The number of halogens is 1. The van der Waals surface area contributed by atoms with Crippen LogP contribution in [-0.2, 0) is 6.42 Å². The number of para-hydroxylation sites is 1. The minimum Gasteiger partial charge on any atom is -0.444 e. The molecule has 0 saturated heterocycles. The standard InChI is InChI=1S/C28H21FN4O3S2/c1-16(34)24-26(36-20-12-10-19(29)11-13-20)38-25(31-24)18-9-8-17-5-4-14-33(22(17)15-18)28(35)32-27-30-21-6-2-3-7-23(21)37-27/h2-3,6-13,15H,4-5,14H2,1H3,(H,30,32,35). The maximum Gasteiger partial charge on any atom is 0.328 e. The lowest BCUT2D eigenvalue weighted by molar-refractivity contribution is 0.101. The highest BCUT2D eigenvalue weighted by molar-refractivity contribution is 7.22. The number of rotatable bonds is 5. The van der Waals surface area contributed by atoms with E-state index in [1.807, 2.05) is 42.5 Å². The first-order chi connectivity index (χ1) is 18.4. The molecular weight excluding hydrogens is 523 g/mol. The number of benzene rings is 3. The van der Waals surface area contributed by atoms with Crippen LogP contribution in [-0.4, -0.2) is 28.3 Å². The van der Waals surface area contributed by atoms with E-state index >= 15 is 0 Å². The number of ether oxygens (including phenoxy) is 1. The van der Waals surface area contributed by atoms with Crippen molar-refractivity contribution in [3.63, 3.8) is 0 Å². The molecule has 0 aliphatic carbocycles. The van der Waals surface area contributed by atoms with Gasteiger partial charge in [-0.2, -0.15) is 0 Å². The molecule has 0 unspecified atom stereocenters. The molecule has 3 heterocycles. The summed E-state index contributed by atoms with van der Waals surface area (Å²) in [4.78, 5) is 36.4. The third kappa shape index (κ3) is 4.75. The van der Waals surface area contributed by atoms with Crippen LogP contribution in [0.1, 0.15) is 29.4 Å². The van der Waals surface area contributed by atoms with Crippen LogP contribution in [0, 0.1) is 5.82 Å². The van der Waals surface area contributed by atoms with Crippen molar-refractivity contribution in [3.8, 4) is 21.4 Å². The number of nitrogens with zero attached hydrogens (tertiary/aromatic N) is 3. The van der Waals surface area contributed by atoms with Gasteiger partial charge in [0.1, 0.15) is 16.6 Å². The second-order valence-corrected chi connectivity index (χ2v) is 10.8. The van der Waals surface area contributed by atoms with E-state index in [1.165, 1.54) is 53.9 Å². The van der Waals surface area contributed by atoms with Gasteiger partial charge in [-0.1, -0.05) is 46.9 Å². The number of amides is 2. The zero-order valence-corrected chi connectivity index (χ0v) is 21.9. The molecule has 0 radical (unpaired) electrons. The predicted molar refractivity (Wildman–Crippen MR) is 148 cm³/mol. The summed E-state index contributed by atoms with van der Waals surface area (Å²) in [5, 5.41) is 4.43. The van der Waals surface area contributed by atoms with Gasteiger partial charge in [-0.25, -0.2) is 19.2 Å². The molecule has 7 nitrogen and oxygen atoms in total. The number of carbonyl (C=O) groups is 2. The normalized spacial score (nSPS) is 12.8. The molecule has 2 amide bonds. The molecule has 1 aliphatic rings. The lowest BCUT2D eigenvalue weighted by Gasteiger charge is -2.29. The molecule has 5 aromatic rings. The Bertz CT molecular complexity index is 1650.